The number of benzene rings is 1. The van der Waals surface area contributed by atoms with Crippen molar-refractivity contribution >= 4 is 5.69 Å². The van der Waals surface area contributed by atoms with E-state index in [1.807, 2.05) is 0 Å². The number of para-hydroxylation sites is 1. The Morgan fingerprint density at radius 3 is 2.94 bits per heavy atom. The maximum absolute atomic E-state index is 11.1. The van der Waals surface area contributed by atoms with Crippen molar-refractivity contribution in [1.29, 1.82) is 0 Å². The second-order valence-corrected chi connectivity index (χ2v) is 4.81. The molecule has 5 nitrogen and oxygen atoms in total. The Morgan fingerprint density at radius 1 is 1.50 bits per heavy atom. The van der Waals surface area contributed by atoms with Gasteiger partial charge in [0.15, 0.2) is 5.75 Å². The highest BCUT2D eigenvalue weighted by atomic mass is 16.6. The normalized spacial score (nSPS) is 23.7. The maximum Gasteiger partial charge on any atom is 0.313 e. The zero-order valence-corrected chi connectivity index (χ0v) is 10.7. The molecule has 0 amide bonds. The highest BCUT2D eigenvalue weighted by molar-refractivity contribution is 5.52. The van der Waals surface area contributed by atoms with Crippen LogP contribution < -0.4 is 10.1 Å². The van der Waals surface area contributed by atoms with Crippen LogP contribution in [0.4, 0.5) is 5.69 Å². The number of rotatable bonds is 3. The molecule has 0 radical (unpaired) electrons. The second-order valence-electron chi connectivity index (χ2n) is 4.81. The van der Waals surface area contributed by atoms with Crippen LogP contribution in [0.25, 0.3) is 0 Å². The fourth-order valence-electron chi connectivity index (χ4n) is 2.24. The molecule has 2 unspecified atom stereocenters. The first kappa shape index (κ1) is 12.8. The molecule has 18 heavy (non-hydrogen) atoms. The van der Waals surface area contributed by atoms with Crippen LogP contribution in [0.1, 0.15) is 18.9 Å². The minimum Gasteiger partial charge on any atom is -0.482 e. The summed E-state index contributed by atoms with van der Waals surface area (Å²) in [7, 11) is 0. The molecule has 2 atom stereocenters. The van der Waals surface area contributed by atoms with Crippen LogP contribution in [0.5, 0.6) is 5.75 Å². The molecule has 1 aliphatic heterocycles. The summed E-state index contributed by atoms with van der Waals surface area (Å²) in [4.78, 5) is 10.7. The standard InChI is InChI=1S/C13H18N2O3/c1-9-6-7-14-8-12(9)18-11-5-3-4-10(2)13(11)15(16)17/h3-5,9,12,14H,6-8H2,1-2H3. The Kier molecular flexibility index (Phi) is 3.81. The summed E-state index contributed by atoms with van der Waals surface area (Å²) >= 11 is 0. The van der Waals surface area contributed by atoms with Gasteiger partial charge >= 0.3 is 5.69 Å². The topological polar surface area (TPSA) is 64.4 Å². The number of nitro groups is 1. The maximum atomic E-state index is 11.1. The van der Waals surface area contributed by atoms with Gasteiger partial charge < -0.3 is 10.1 Å². The largest absolute Gasteiger partial charge is 0.482 e. The molecular weight excluding hydrogens is 232 g/mol. The minimum absolute atomic E-state index is 0.000694. The van der Waals surface area contributed by atoms with Crippen molar-refractivity contribution in [2.24, 2.45) is 5.92 Å². The lowest BCUT2D eigenvalue weighted by Gasteiger charge is -2.29. The van der Waals surface area contributed by atoms with E-state index in [2.05, 4.69) is 12.2 Å². The van der Waals surface area contributed by atoms with Gasteiger partial charge in [0, 0.05) is 12.1 Å². The first-order chi connectivity index (χ1) is 8.59. The Bertz CT molecular complexity index is 448. The van der Waals surface area contributed by atoms with E-state index in [9.17, 15) is 10.1 Å². The first-order valence-corrected chi connectivity index (χ1v) is 6.21. The van der Waals surface area contributed by atoms with E-state index in [1.54, 1.807) is 25.1 Å². The summed E-state index contributed by atoms with van der Waals surface area (Å²) < 4.78 is 5.84. The fourth-order valence-corrected chi connectivity index (χ4v) is 2.24. The van der Waals surface area contributed by atoms with Crippen molar-refractivity contribution in [3.63, 3.8) is 0 Å². The molecule has 1 aromatic carbocycles. The van der Waals surface area contributed by atoms with Crippen LogP contribution in [-0.4, -0.2) is 24.1 Å². The van der Waals surface area contributed by atoms with Crippen LogP contribution in [0, 0.1) is 23.0 Å². The minimum atomic E-state index is -0.369. The lowest BCUT2D eigenvalue weighted by Crippen LogP contribution is -2.42. The second kappa shape index (κ2) is 5.35. The highest BCUT2D eigenvalue weighted by Crippen LogP contribution is 2.32. The lowest BCUT2D eigenvalue weighted by atomic mass is 9.97. The smallest absolute Gasteiger partial charge is 0.313 e. The molecule has 1 aliphatic rings. The first-order valence-electron chi connectivity index (χ1n) is 6.21. The van der Waals surface area contributed by atoms with Gasteiger partial charge in [-0.2, -0.15) is 0 Å². The van der Waals surface area contributed by atoms with Gasteiger partial charge in [0.2, 0.25) is 0 Å². The van der Waals surface area contributed by atoms with Crippen LogP contribution in [0.15, 0.2) is 18.2 Å². The van der Waals surface area contributed by atoms with Gasteiger partial charge in [-0.15, -0.1) is 0 Å². The Morgan fingerprint density at radius 2 is 2.28 bits per heavy atom. The summed E-state index contributed by atoms with van der Waals surface area (Å²) in [6.07, 6.45) is 1.03. The zero-order valence-electron chi connectivity index (χ0n) is 10.7. The zero-order chi connectivity index (χ0) is 13.1. The third-order valence-electron chi connectivity index (χ3n) is 3.42. The van der Waals surface area contributed by atoms with Crippen molar-refractivity contribution in [1.82, 2.24) is 5.32 Å². The molecule has 0 saturated carbocycles. The molecule has 98 valence electrons. The number of hydrogen-bond donors (Lipinski definition) is 1. The monoisotopic (exact) mass is 250 g/mol. The molecule has 0 spiro atoms. The molecule has 1 saturated heterocycles. The SMILES string of the molecule is Cc1cccc(OC2CNCCC2C)c1[N+](=O)[O-]. The molecule has 1 heterocycles. The summed E-state index contributed by atoms with van der Waals surface area (Å²) in [5.74, 6) is 0.784. The van der Waals surface area contributed by atoms with Crippen LogP contribution in [0.3, 0.4) is 0 Å². The quantitative estimate of drug-likeness (QED) is 0.660. The Hall–Kier alpha value is -1.62. The molecule has 5 heteroatoms. The Labute approximate surface area is 106 Å². The van der Waals surface area contributed by atoms with Crippen molar-refractivity contribution < 1.29 is 9.66 Å². The van der Waals surface area contributed by atoms with E-state index in [-0.39, 0.29) is 16.7 Å². The van der Waals surface area contributed by atoms with E-state index >= 15 is 0 Å². The molecule has 0 aromatic heterocycles. The van der Waals surface area contributed by atoms with E-state index in [1.165, 1.54) is 0 Å². The van der Waals surface area contributed by atoms with Gasteiger partial charge in [-0.25, -0.2) is 0 Å². The Balaban J connectivity index is 2.23. The van der Waals surface area contributed by atoms with Crippen molar-refractivity contribution in [3.8, 4) is 5.75 Å². The molecule has 2 rings (SSSR count). The number of nitrogens with one attached hydrogen (secondary N) is 1. The molecule has 1 fully saturated rings. The predicted octanol–water partition coefficient (Wildman–Crippen LogP) is 2.28. The number of nitrogens with zero attached hydrogens (tertiary/aromatic N) is 1. The predicted molar refractivity (Wildman–Crippen MR) is 68.9 cm³/mol. The molecule has 0 aliphatic carbocycles. The molecular formula is C13H18N2O3. The average Bonchev–Trinajstić information content (AvgIpc) is 2.31. The fraction of sp³-hybridized carbons (Fsp3) is 0.538. The highest BCUT2D eigenvalue weighted by Gasteiger charge is 2.26. The number of hydrogen-bond acceptors (Lipinski definition) is 4. The summed E-state index contributed by atoms with van der Waals surface area (Å²) in [6.45, 7) is 5.57. The van der Waals surface area contributed by atoms with E-state index in [0.29, 0.717) is 17.2 Å². The van der Waals surface area contributed by atoms with Gasteiger partial charge in [-0.1, -0.05) is 19.1 Å². The van der Waals surface area contributed by atoms with Gasteiger partial charge in [-0.3, -0.25) is 10.1 Å². The number of aryl methyl sites for hydroxylation is 1. The van der Waals surface area contributed by atoms with Gasteiger partial charge in [0.1, 0.15) is 6.10 Å². The molecule has 1 N–H and O–H groups in total. The third kappa shape index (κ3) is 2.61. The lowest BCUT2D eigenvalue weighted by molar-refractivity contribution is -0.386. The van der Waals surface area contributed by atoms with E-state index < -0.39 is 0 Å². The van der Waals surface area contributed by atoms with Gasteiger partial charge in [-0.05, 0) is 31.9 Å². The third-order valence-corrected chi connectivity index (χ3v) is 3.42. The van der Waals surface area contributed by atoms with E-state index in [0.717, 1.165) is 19.5 Å². The van der Waals surface area contributed by atoms with Crippen LogP contribution in [0.2, 0.25) is 0 Å². The average molecular weight is 250 g/mol. The summed E-state index contributed by atoms with van der Waals surface area (Å²) in [5, 5.41) is 14.3. The van der Waals surface area contributed by atoms with Gasteiger partial charge in [0.05, 0.1) is 4.92 Å². The van der Waals surface area contributed by atoms with Gasteiger partial charge in [0.25, 0.3) is 0 Å². The summed E-state index contributed by atoms with van der Waals surface area (Å²) in [5.41, 5.74) is 0.712. The number of ether oxygens (including phenoxy) is 1. The number of nitro benzene ring substituents is 1. The molecule has 1 aromatic rings. The molecule has 0 bridgehead atoms. The van der Waals surface area contributed by atoms with Crippen molar-refractivity contribution in [3.05, 3.63) is 33.9 Å². The van der Waals surface area contributed by atoms with Crippen molar-refractivity contribution in [2.75, 3.05) is 13.1 Å². The summed E-state index contributed by atoms with van der Waals surface area (Å²) in [6, 6.07) is 5.19. The van der Waals surface area contributed by atoms with Crippen LogP contribution >= 0.6 is 0 Å². The van der Waals surface area contributed by atoms with Crippen molar-refractivity contribution in [2.45, 2.75) is 26.4 Å². The van der Waals surface area contributed by atoms with Crippen LogP contribution in [-0.2, 0) is 0 Å². The number of piperidine rings is 1. The van der Waals surface area contributed by atoms with E-state index in [4.69, 9.17) is 4.74 Å².